The third-order valence-corrected chi connectivity index (χ3v) is 3.72. The molecule has 0 amide bonds. The van der Waals surface area contributed by atoms with Crippen LogP contribution in [0.1, 0.15) is 51.9 Å². The van der Waals surface area contributed by atoms with E-state index >= 15 is 0 Å². The monoisotopic (exact) mass is 322 g/mol. The van der Waals surface area contributed by atoms with Crippen LogP contribution < -0.4 is 0 Å². The Hall–Kier alpha value is -0.0600. The molecule has 15 heavy (non-hydrogen) atoms. The van der Waals surface area contributed by atoms with Crippen LogP contribution in [0.3, 0.4) is 0 Å². The Kier molecular flexibility index (Phi) is 6.29. The zero-order valence-corrected chi connectivity index (χ0v) is 11.5. The number of hydrogen-bond donors (Lipinski definition) is 0. The van der Waals surface area contributed by atoms with Crippen LogP contribution in [0.25, 0.3) is 0 Å². The summed E-state index contributed by atoms with van der Waals surface area (Å²) in [5.74, 6) is -0.0476. The molecule has 1 heterocycles. The SMILES string of the molecule is CCCCCC/C=C(\I)[C@H]1CCC(=O)O1. The van der Waals surface area contributed by atoms with Gasteiger partial charge >= 0.3 is 5.97 Å². The molecule has 0 saturated carbocycles. The Labute approximate surface area is 106 Å². The first kappa shape index (κ1) is 13.0. The van der Waals surface area contributed by atoms with E-state index in [4.69, 9.17) is 4.74 Å². The second kappa shape index (κ2) is 7.25. The fourth-order valence-corrected chi connectivity index (χ4v) is 2.41. The van der Waals surface area contributed by atoms with Crippen molar-refractivity contribution >= 4 is 28.6 Å². The standard InChI is InChI=1S/C12H19IO2/c1-2-3-4-5-6-7-10(13)11-8-9-12(14)15-11/h7,11H,2-6,8-9H2,1H3/b10-7-/t11-/m1/s1. The van der Waals surface area contributed by atoms with Crippen LogP contribution in [0.5, 0.6) is 0 Å². The first-order valence-corrected chi connectivity index (χ1v) is 6.87. The van der Waals surface area contributed by atoms with Crippen LogP contribution >= 0.6 is 22.6 Å². The lowest BCUT2D eigenvalue weighted by molar-refractivity contribution is -0.140. The van der Waals surface area contributed by atoms with Crippen LogP contribution in [0.15, 0.2) is 9.66 Å². The van der Waals surface area contributed by atoms with Gasteiger partial charge in [-0.3, -0.25) is 4.79 Å². The Morgan fingerprint density at radius 1 is 1.53 bits per heavy atom. The van der Waals surface area contributed by atoms with Gasteiger partial charge in [0.25, 0.3) is 0 Å². The summed E-state index contributed by atoms with van der Waals surface area (Å²) in [7, 11) is 0. The molecule has 0 spiro atoms. The van der Waals surface area contributed by atoms with Crippen LogP contribution in [0.4, 0.5) is 0 Å². The summed E-state index contributed by atoms with van der Waals surface area (Å²) in [5.41, 5.74) is 0. The lowest BCUT2D eigenvalue weighted by Crippen LogP contribution is -2.06. The average Bonchev–Trinajstić information content (AvgIpc) is 2.64. The molecule has 1 fully saturated rings. The van der Waals surface area contributed by atoms with Crippen LogP contribution in [-0.2, 0) is 9.53 Å². The van der Waals surface area contributed by atoms with Gasteiger partial charge in [0.15, 0.2) is 0 Å². The fourth-order valence-electron chi connectivity index (χ4n) is 1.66. The molecule has 0 aliphatic carbocycles. The van der Waals surface area contributed by atoms with Crippen molar-refractivity contribution in [3.63, 3.8) is 0 Å². The molecule has 0 aromatic rings. The molecule has 1 saturated heterocycles. The Balaban J connectivity index is 2.18. The molecule has 0 radical (unpaired) electrons. The molecule has 1 atom stereocenters. The van der Waals surface area contributed by atoms with E-state index in [-0.39, 0.29) is 12.1 Å². The molecule has 1 aliphatic heterocycles. The Morgan fingerprint density at radius 2 is 2.33 bits per heavy atom. The van der Waals surface area contributed by atoms with Gasteiger partial charge in [0.2, 0.25) is 0 Å². The number of ether oxygens (including phenoxy) is 1. The van der Waals surface area contributed by atoms with E-state index < -0.39 is 0 Å². The molecular weight excluding hydrogens is 303 g/mol. The minimum atomic E-state index is -0.0476. The minimum Gasteiger partial charge on any atom is -0.457 e. The normalized spacial score (nSPS) is 21.9. The second-order valence-electron chi connectivity index (χ2n) is 3.96. The smallest absolute Gasteiger partial charge is 0.306 e. The number of cyclic esters (lactones) is 1. The van der Waals surface area contributed by atoms with Crippen molar-refractivity contribution < 1.29 is 9.53 Å². The molecule has 0 aromatic heterocycles. The van der Waals surface area contributed by atoms with Crippen molar-refractivity contribution in [2.75, 3.05) is 0 Å². The first-order valence-electron chi connectivity index (χ1n) is 5.79. The number of rotatable bonds is 6. The minimum absolute atomic E-state index is 0.0476. The van der Waals surface area contributed by atoms with Crippen molar-refractivity contribution in [1.82, 2.24) is 0 Å². The summed E-state index contributed by atoms with van der Waals surface area (Å²) in [6, 6.07) is 0. The topological polar surface area (TPSA) is 26.3 Å². The molecule has 86 valence electrons. The first-order chi connectivity index (χ1) is 7.24. The highest BCUT2D eigenvalue weighted by atomic mass is 127. The summed E-state index contributed by atoms with van der Waals surface area (Å²) in [6.07, 6.45) is 10.0. The molecule has 0 bridgehead atoms. The van der Waals surface area contributed by atoms with E-state index in [1.165, 1.54) is 29.3 Å². The van der Waals surface area contributed by atoms with Crippen molar-refractivity contribution in [1.29, 1.82) is 0 Å². The molecule has 0 N–H and O–H groups in total. The quantitative estimate of drug-likeness (QED) is 0.420. The molecule has 3 heteroatoms. The molecule has 1 rings (SSSR count). The van der Waals surface area contributed by atoms with Gasteiger partial charge in [0, 0.05) is 10.0 Å². The number of carbonyl (C=O) groups excluding carboxylic acids is 1. The maximum Gasteiger partial charge on any atom is 0.306 e. The lowest BCUT2D eigenvalue weighted by Gasteiger charge is -2.07. The highest BCUT2D eigenvalue weighted by molar-refractivity contribution is 14.1. The van der Waals surface area contributed by atoms with E-state index in [1.807, 2.05) is 0 Å². The number of hydrogen-bond acceptors (Lipinski definition) is 2. The molecule has 0 aromatic carbocycles. The summed E-state index contributed by atoms with van der Waals surface area (Å²) in [4.78, 5) is 10.9. The predicted molar refractivity (Wildman–Crippen MR) is 70.0 cm³/mol. The zero-order chi connectivity index (χ0) is 11.1. The van der Waals surface area contributed by atoms with Crippen molar-refractivity contribution in [3.05, 3.63) is 9.66 Å². The summed E-state index contributed by atoms with van der Waals surface area (Å²) >= 11 is 2.30. The van der Waals surface area contributed by atoms with Gasteiger partial charge in [-0.25, -0.2) is 0 Å². The number of unbranched alkanes of at least 4 members (excludes halogenated alkanes) is 4. The summed E-state index contributed by atoms with van der Waals surface area (Å²) in [6.45, 7) is 2.22. The number of esters is 1. The largest absolute Gasteiger partial charge is 0.457 e. The maximum atomic E-state index is 10.9. The van der Waals surface area contributed by atoms with Crippen molar-refractivity contribution in [2.45, 2.75) is 58.0 Å². The van der Waals surface area contributed by atoms with E-state index in [0.29, 0.717) is 6.42 Å². The Morgan fingerprint density at radius 3 is 2.93 bits per heavy atom. The van der Waals surface area contributed by atoms with Gasteiger partial charge in [-0.2, -0.15) is 0 Å². The predicted octanol–water partition coefficient (Wildman–Crippen LogP) is 3.98. The molecule has 1 aliphatic rings. The van der Waals surface area contributed by atoms with Gasteiger partial charge in [-0.05, 0) is 41.9 Å². The lowest BCUT2D eigenvalue weighted by atomic mass is 10.1. The third-order valence-electron chi connectivity index (χ3n) is 2.59. The van der Waals surface area contributed by atoms with Crippen LogP contribution in [-0.4, -0.2) is 12.1 Å². The third kappa shape index (κ3) is 5.00. The summed E-state index contributed by atoms with van der Waals surface area (Å²) in [5, 5.41) is 0. The van der Waals surface area contributed by atoms with Crippen molar-refractivity contribution in [3.8, 4) is 0 Å². The zero-order valence-electron chi connectivity index (χ0n) is 9.30. The highest BCUT2D eigenvalue weighted by Crippen LogP contribution is 2.26. The highest BCUT2D eigenvalue weighted by Gasteiger charge is 2.24. The van der Waals surface area contributed by atoms with E-state index in [1.54, 1.807) is 0 Å². The van der Waals surface area contributed by atoms with Gasteiger partial charge in [0.1, 0.15) is 6.10 Å². The number of allylic oxidation sites excluding steroid dienone is 1. The van der Waals surface area contributed by atoms with E-state index in [9.17, 15) is 4.79 Å². The fraction of sp³-hybridized carbons (Fsp3) is 0.750. The number of carbonyl (C=O) groups is 1. The van der Waals surface area contributed by atoms with Gasteiger partial charge < -0.3 is 4.74 Å². The molecule has 0 unspecified atom stereocenters. The van der Waals surface area contributed by atoms with Crippen molar-refractivity contribution in [2.24, 2.45) is 0 Å². The van der Waals surface area contributed by atoms with Gasteiger partial charge in [-0.1, -0.05) is 32.3 Å². The van der Waals surface area contributed by atoms with Crippen LogP contribution in [0.2, 0.25) is 0 Å². The van der Waals surface area contributed by atoms with Gasteiger partial charge in [-0.15, -0.1) is 0 Å². The summed E-state index contributed by atoms with van der Waals surface area (Å²) < 4.78 is 6.39. The number of halogens is 1. The second-order valence-corrected chi connectivity index (χ2v) is 5.20. The van der Waals surface area contributed by atoms with E-state index in [2.05, 4.69) is 35.6 Å². The maximum absolute atomic E-state index is 10.9. The average molecular weight is 322 g/mol. The van der Waals surface area contributed by atoms with Gasteiger partial charge in [0.05, 0.1) is 0 Å². The van der Waals surface area contributed by atoms with Crippen LogP contribution in [0, 0.1) is 0 Å². The Bertz CT molecular complexity index is 236. The molecule has 2 nitrogen and oxygen atoms in total. The molecular formula is C12H19IO2. The van der Waals surface area contributed by atoms with E-state index in [0.717, 1.165) is 12.8 Å².